The molecule has 0 aliphatic rings. The Balaban J connectivity index is 2.33. The van der Waals surface area contributed by atoms with Gasteiger partial charge >= 0.3 is 0 Å². The Kier molecular flexibility index (Phi) is 4.32. The van der Waals surface area contributed by atoms with Crippen LogP contribution in [0.3, 0.4) is 0 Å². The van der Waals surface area contributed by atoms with Gasteiger partial charge in [-0.15, -0.1) is 0 Å². The van der Waals surface area contributed by atoms with Crippen molar-refractivity contribution in [3.63, 3.8) is 0 Å². The van der Waals surface area contributed by atoms with Crippen molar-refractivity contribution in [1.29, 1.82) is 0 Å². The molecule has 2 rings (SSSR count). The summed E-state index contributed by atoms with van der Waals surface area (Å²) in [4.78, 5) is 7.65. The number of methoxy groups -OCH3 is 1. The third-order valence-corrected chi connectivity index (χ3v) is 4.02. The number of nitrogens with one attached hydrogen (secondary N) is 1. The first-order chi connectivity index (χ1) is 9.40. The first-order valence-electron chi connectivity index (χ1n) is 5.28. The summed E-state index contributed by atoms with van der Waals surface area (Å²) in [5.41, 5.74) is 0. The number of aromatic nitrogens is 2. The lowest BCUT2D eigenvalue weighted by Gasteiger charge is -2.08. The maximum absolute atomic E-state index is 12.1. The topological polar surface area (TPSA) is 81.2 Å². The molecule has 0 saturated carbocycles. The Bertz CT molecular complexity index is 720. The summed E-state index contributed by atoms with van der Waals surface area (Å²) in [6.45, 7) is 0. The summed E-state index contributed by atoms with van der Waals surface area (Å²) < 4.78 is 31.3. The van der Waals surface area contributed by atoms with Crippen LogP contribution in [0.1, 0.15) is 0 Å². The second-order valence-electron chi connectivity index (χ2n) is 3.62. The van der Waals surface area contributed by atoms with Crippen molar-refractivity contribution >= 4 is 39.2 Å². The van der Waals surface area contributed by atoms with Crippen LogP contribution < -0.4 is 9.46 Å². The Hall–Kier alpha value is -1.57. The maximum Gasteiger partial charge on any atom is 0.264 e. The average Bonchev–Trinajstić information content (AvgIpc) is 2.37. The van der Waals surface area contributed by atoms with Crippen LogP contribution in [0.25, 0.3) is 0 Å². The van der Waals surface area contributed by atoms with E-state index in [4.69, 9.17) is 27.9 Å². The zero-order valence-electron chi connectivity index (χ0n) is 10.2. The number of anilines is 1. The normalized spacial score (nSPS) is 11.2. The SMILES string of the molecule is COc1cc(Cl)nc(NS(=O)(=O)c2ccc(Cl)cc2)n1. The maximum atomic E-state index is 12.1. The highest BCUT2D eigenvalue weighted by atomic mass is 35.5. The van der Waals surface area contributed by atoms with E-state index in [0.717, 1.165) is 0 Å². The fourth-order valence-electron chi connectivity index (χ4n) is 1.34. The van der Waals surface area contributed by atoms with Crippen molar-refractivity contribution in [2.24, 2.45) is 0 Å². The highest BCUT2D eigenvalue weighted by Crippen LogP contribution is 2.20. The van der Waals surface area contributed by atoms with Crippen LogP contribution in [0.4, 0.5) is 5.95 Å². The highest BCUT2D eigenvalue weighted by molar-refractivity contribution is 7.92. The summed E-state index contributed by atoms with van der Waals surface area (Å²) in [5.74, 6) is -0.0249. The van der Waals surface area contributed by atoms with Gasteiger partial charge in [0.2, 0.25) is 11.8 Å². The van der Waals surface area contributed by atoms with Gasteiger partial charge in [0, 0.05) is 11.1 Å². The summed E-state index contributed by atoms with van der Waals surface area (Å²) >= 11 is 11.4. The van der Waals surface area contributed by atoms with E-state index in [9.17, 15) is 8.42 Å². The smallest absolute Gasteiger partial charge is 0.264 e. The van der Waals surface area contributed by atoms with E-state index in [2.05, 4.69) is 14.7 Å². The van der Waals surface area contributed by atoms with Crippen molar-refractivity contribution < 1.29 is 13.2 Å². The molecule has 6 nitrogen and oxygen atoms in total. The molecule has 0 bridgehead atoms. The van der Waals surface area contributed by atoms with E-state index in [1.54, 1.807) is 0 Å². The van der Waals surface area contributed by atoms with Gasteiger partial charge in [-0.25, -0.2) is 18.1 Å². The molecule has 0 fully saturated rings. The van der Waals surface area contributed by atoms with E-state index in [0.29, 0.717) is 5.02 Å². The summed E-state index contributed by atoms with van der Waals surface area (Å²) in [6, 6.07) is 7.03. The quantitative estimate of drug-likeness (QED) is 0.869. The van der Waals surface area contributed by atoms with Gasteiger partial charge in [-0.2, -0.15) is 4.98 Å². The van der Waals surface area contributed by atoms with Crippen molar-refractivity contribution in [2.75, 3.05) is 11.8 Å². The molecule has 9 heteroatoms. The van der Waals surface area contributed by atoms with E-state index < -0.39 is 10.0 Å². The third kappa shape index (κ3) is 3.50. The highest BCUT2D eigenvalue weighted by Gasteiger charge is 2.16. The van der Waals surface area contributed by atoms with E-state index in [1.807, 2.05) is 0 Å². The van der Waals surface area contributed by atoms with Crippen molar-refractivity contribution in [2.45, 2.75) is 4.90 Å². The molecule has 0 unspecified atom stereocenters. The molecular weight excluding hydrogens is 325 g/mol. The predicted octanol–water partition coefficient (Wildman–Crippen LogP) is 2.59. The minimum atomic E-state index is -3.82. The molecule has 20 heavy (non-hydrogen) atoms. The summed E-state index contributed by atoms with van der Waals surface area (Å²) in [6.07, 6.45) is 0. The van der Waals surface area contributed by atoms with Gasteiger partial charge < -0.3 is 4.74 Å². The van der Waals surface area contributed by atoms with Crippen LogP contribution in [0.5, 0.6) is 5.88 Å². The number of benzene rings is 1. The van der Waals surface area contributed by atoms with Crippen LogP contribution in [0, 0.1) is 0 Å². The predicted molar refractivity (Wildman–Crippen MR) is 75.9 cm³/mol. The molecule has 0 amide bonds. The molecular formula is C11H9Cl2N3O3S. The standard InChI is InChI=1S/C11H9Cl2N3O3S/c1-19-10-6-9(13)14-11(15-10)16-20(17,18)8-4-2-7(12)3-5-8/h2-6H,1H3,(H,14,15,16). The fourth-order valence-corrected chi connectivity index (χ4v) is 2.58. The monoisotopic (exact) mass is 333 g/mol. The first-order valence-corrected chi connectivity index (χ1v) is 7.51. The second kappa shape index (κ2) is 5.82. The van der Waals surface area contributed by atoms with Crippen LogP contribution in [0.2, 0.25) is 10.2 Å². The molecule has 2 aromatic rings. The zero-order chi connectivity index (χ0) is 14.8. The van der Waals surface area contributed by atoms with Crippen LogP contribution >= 0.6 is 23.2 Å². The van der Waals surface area contributed by atoms with Gasteiger partial charge in [0.15, 0.2) is 0 Å². The first kappa shape index (κ1) is 14.8. The lowest BCUT2D eigenvalue weighted by Crippen LogP contribution is -2.15. The lowest BCUT2D eigenvalue weighted by atomic mass is 10.4. The average molecular weight is 334 g/mol. The number of hydrogen-bond acceptors (Lipinski definition) is 5. The van der Waals surface area contributed by atoms with E-state index in [1.165, 1.54) is 37.4 Å². The summed E-state index contributed by atoms with van der Waals surface area (Å²) in [7, 11) is -2.43. The molecule has 0 atom stereocenters. The molecule has 0 aliphatic heterocycles. The molecule has 0 radical (unpaired) electrons. The Labute approximate surface area is 125 Å². The number of rotatable bonds is 4. The molecule has 1 aromatic heterocycles. The number of halogens is 2. The van der Waals surface area contributed by atoms with Gasteiger partial charge in [-0.3, -0.25) is 0 Å². The van der Waals surface area contributed by atoms with Crippen molar-refractivity contribution in [3.05, 3.63) is 40.5 Å². The van der Waals surface area contributed by atoms with Crippen molar-refractivity contribution in [1.82, 2.24) is 9.97 Å². The summed E-state index contributed by atoms with van der Waals surface area (Å²) in [5, 5.41) is 0.496. The molecule has 1 N–H and O–H groups in total. The largest absolute Gasteiger partial charge is 0.481 e. The van der Waals surface area contributed by atoms with Gasteiger partial charge in [0.05, 0.1) is 12.0 Å². The molecule has 1 heterocycles. The number of hydrogen-bond donors (Lipinski definition) is 1. The van der Waals surface area contributed by atoms with Crippen molar-refractivity contribution in [3.8, 4) is 5.88 Å². The fraction of sp³-hybridized carbons (Fsp3) is 0.0909. The molecule has 0 spiro atoms. The number of ether oxygens (including phenoxy) is 1. The third-order valence-electron chi connectivity index (χ3n) is 2.23. The zero-order valence-corrected chi connectivity index (χ0v) is 12.5. The Morgan fingerprint density at radius 1 is 1.15 bits per heavy atom. The van der Waals surface area contributed by atoms with Crippen LogP contribution in [-0.2, 0) is 10.0 Å². The van der Waals surface area contributed by atoms with E-state index in [-0.39, 0.29) is 21.9 Å². The molecule has 1 aromatic carbocycles. The van der Waals surface area contributed by atoms with Gasteiger partial charge in [-0.1, -0.05) is 23.2 Å². The van der Waals surface area contributed by atoms with E-state index >= 15 is 0 Å². The van der Waals surface area contributed by atoms with Gasteiger partial charge in [0.1, 0.15) is 5.15 Å². The molecule has 106 valence electrons. The number of sulfonamides is 1. The second-order valence-corrected chi connectivity index (χ2v) is 6.12. The minimum absolute atomic E-state index is 0.0319. The molecule has 0 aliphatic carbocycles. The van der Waals surface area contributed by atoms with Gasteiger partial charge in [0.25, 0.3) is 10.0 Å². The number of nitrogens with zero attached hydrogens (tertiary/aromatic N) is 2. The Morgan fingerprint density at radius 3 is 2.40 bits per heavy atom. The Morgan fingerprint density at radius 2 is 1.80 bits per heavy atom. The minimum Gasteiger partial charge on any atom is -0.481 e. The van der Waals surface area contributed by atoms with Gasteiger partial charge in [-0.05, 0) is 24.3 Å². The lowest BCUT2D eigenvalue weighted by molar-refractivity contribution is 0.397. The van der Waals surface area contributed by atoms with Crippen LogP contribution in [0.15, 0.2) is 35.2 Å². The molecule has 0 saturated heterocycles. The van der Waals surface area contributed by atoms with Crippen LogP contribution in [-0.4, -0.2) is 25.5 Å².